The number of halogens is 1. The second-order valence-electron chi connectivity index (χ2n) is 4.84. The fourth-order valence-corrected chi connectivity index (χ4v) is 3.63. The molecule has 1 fully saturated rings. The summed E-state index contributed by atoms with van der Waals surface area (Å²) < 4.78 is 44.8. The molecule has 0 radical (unpaired) electrons. The molecule has 0 unspecified atom stereocenters. The number of sulfonamides is 1. The van der Waals surface area contributed by atoms with Crippen molar-refractivity contribution in [3.05, 3.63) is 35.6 Å². The van der Waals surface area contributed by atoms with Crippen LogP contribution in [0.2, 0.25) is 0 Å². The molecule has 1 saturated heterocycles. The van der Waals surface area contributed by atoms with Crippen molar-refractivity contribution in [3.63, 3.8) is 0 Å². The summed E-state index contributed by atoms with van der Waals surface area (Å²) in [7, 11) is -3.44. The fourth-order valence-electron chi connectivity index (χ4n) is 2.20. The molecule has 1 heterocycles. The molecule has 1 N–H and O–H groups in total. The summed E-state index contributed by atoms with van der Waals surface area (Å²) in [5, 5.41) is 0. The van der Waals surface area contributed by atoms with Crippen molar-refractivity contribution < 1.29 is 17.5 Å². The van der Waals surface area contributed by atoms with Crippen molar-refractivity contribution in [2.45, 2.75) is 37.7 Å². The Bertz CT molecular complexity index is 509. The van der Waals surface area contributed by atoms with Crippen molar-refractivity contribution in [2.75, 3.05) is 6.61 Å². The van der Waals surface area contributed by atoms with Crippen molar-refractivity contribution in [2.24, 2.45) is 0 Å². The zero-order valence-electron chi connectivity index (χ0n) is 10.8. The molecule has 0 bridgehead atoms. The van der Waals surface area contributed by atoms with Crippen LogP contribution >= 0.6 is 0 Å². The number of rotatable bonds is 5. The summed E-state index contributed by atoms with van der Waals surface area (Å²) in [6.45, 7) is 2.49. The van der Waals surface area contributed by atoms with E-state index in [0.717, 1.165) is 12.8 Å². The molecule has 6 heteroatoms. The van der Waals surface area contributed by atoms with Crippen LogP contribution in [0.25, 0.3) is 0 Å². The zero-order chi connectivity index (χ0) is 13.9. The van der Waals surface area contributed by atoms with Gasteiger partial charge in [0.2, 0.25) is 10.0 Å². The lowest BCUT2D eigenvalue weighted by atomic mass is 10.1. The van der Waals surface area contributed by atoms with E-state index < -0.39 is 10.0 Å². The Morgan fingerprint density at radius 1 is 1.42 bits per heavy atom. The molecular weight excluding hydrogens is 269 g/mol. The predicted molar refractivity (Wildman–Crippen MR) is 70.6 cm³/mol. The molecule has 2 rings (SSSR count). The van der Waals surface area contributed by atoms with E-state index in [-0.39, 0.29) is 23.7 Å². The van der Waals surface area contributed by atoms with Crippen molar-refractivity contribution in [1.82, 2.24) is 4.72 Å². The Balaban J connectivity index is 1.96. The Morgan fingerprint density at radius 3 is 2.68 bits per heavy atom. The summed E-state index contributed by atoms with van der Waals surface area (Å²) in [6.07, 6.45) is 1.79. The van der Waals surface area contributed by atoms with Crippen molar-refractivity contribution in [1.29, 1.82) is 0 Å². The van der Waals surface area contributed by atoms with Crippen LogP contribution < -0.4 is 4.72 Å². The Morgan fingerprint density at radius 2 is 2.11 bits per heavy atom. The van der Waals surface area contributed by atoms with Gasteiger partial charge in [0, 0.05) is 12.6 Å². The van der Waals surface area contributed by atoms with E-state index in [4.69, 9.17) is 4.74 Å². The van der Waals surface area contributed by atoms with Crippen LogP contribution in [-0.2, 0) is 20.5 Å². The summed E-state index contributed by atoms with van der Waals surface area (Å²) >= 11 is 0. The molecule has 0 spiro atoms. The maximum atomic E-state index is 12.8. The van der Waals surface area contributed by atoms with E-state index in [2.05, 4.69) is 4.72 Å². The van der Waals surface area contributed by atoms with Gasteiger partial charge in [-0.1, -0.05) is 12.1 Å². The summed E-state index contributed by atoms with van der Waals surface area (Å²) in [4.78, 5) is 0. The molecule has 0 saturated carbocycles. The first kappa shape index (κ1) is 14.4. The third kappa shape index (κ3) is 4.26. The van der Waals surface area contributed by atoms with Gasteiger partial charge in [0.1, 0.15) is 5.82 Å². The normalized spacial score (nSPS) is 21.5. The first-order valence-corrected chi connectivity index (χ1v) is 7.97. The monoisotopic (exact) mass is 287 g/mol. The highest BCUT2D eigenvalue weighted by Crippen LogP contribution is 2.16. The van der Waals surface area contributed by atoms with Crippen LogP contribution in [0.5, 0.6) is 0 Å². The Kier molecular flexibility index (Phi) is 4.54. The molecule has 1 aliphatic rings. The largest absolute Gasteiger partial charge is 0.377 e. The van der Waals surface area contributed by atoms with Gasteiger partial charge in [-0.15, -0.1) is 0 Å². The fraction of sp³-hybridized carbons (Fsp3) is 0.538. The third-order valence-corrected chi connectivity index (χ3v) is 4.60. The van der Waals surface area contributed by atoms with Crippen LogP contribution in [-0.4, -0.2) is 27.2 Å². The van der Waals surface area contributed by atoms with Gasteiger partial charge in [0.25, 0.3) is 0 Å². The van der Waals surface area contributed by atoms with Crippen LogP contribution in [0.15, 0.2) is 24.3 Å². The Labute approximate surface area is 113 Å². The minimum Gasteiger partial charge on any atom is -0.377 e. The highest BCUT2D eigenvalue weighted by Gasteiger charge is 2.26. The summed E-state index contributed by atoms with van der Waals surface area (Å²) in [6, 6.07) is 5.23. The van der Waals surface area contributed by atoms with Gasteiger partial charge in [-0.25, -0.2) is 17.5 Å². The predicted octanol–water partition coefficient (Wildman–Crippen LogP) is 1.81. The summed E-state index contributed by atoms with van der Waals surface area (Å²) in [5.41, 5.74) is 0.563. The molecule has 0 amide bonds. The minimum atomic E-state index is -3.44. The first-order valence-electron chi connectivity index (χ1n) is 6.32. The van der Waals surface area contributed by atoms with E-state index >= 15 is 0 Å². The maximum absolute atomic E-state index is 12.8. The van der Waals surface area contributed by atoms with Crippen LogP contribution in [0.3, 0.4) is 0 Å². The van der Waals surface area contributed by atoms with E-state index in [1.807, 2.05) is 0 Å². The average molecular weight is 287 g/mol. The molecule has 1 aromatic carbocycles. The number of nitrogens with one attached hydrogen (secondary N) is 1. The molecular formula is C13H18FNO3S. The lowest BCUT2D eigenvalue weighted by molar-refractivity contribution is 0.0902. The van der Waals surface area contributed by atoms with Gasteiger partial charge in [-0.3, -0.25) is 0 Å². The van der Waals surface area contributed by atoms with Crippen molar-refractivity contribution in [3.8, 4) is 0 Å². The number of benzene rings is 1. The van der Waals surface area contributed by atoms with Gasteiger partial charge in [0.05, 0.1) is 11.9 Å². The highest BCUT2D eigenvalue weighted by molar-refractivity contribution is 7.88. The molecule has 0 aromatic heterocycles. The van der Waals surface area contributed by atoms with Crippen molar-refractivity contribution >= 4 is 10.0 Å². The lowest BCUT2D eigenvalue weighted by Crippen LogP contribution is -2.41. The smallest absolute Gasteiger partial charge is 0.216 e. The second-order valence-corrected chi connectivity index (χ2v) is 6.60. The van der Waals surface area contributed by atoms with Gasteiger partial charge in [0.15, 0.2) is 0 Å². The lowest BCUT2D eigenvalue weighted by Gasteiger charge is -2.19. The van der Waals surface area contributed by atoms with Crippen LogP contribution in [0.1, 0.15) is 25.3 Å². The molecule has 2 atom stereocenters. The van der Waals surface area contributed by atoms with E-state index in [0.29, 0.717) is 12.2 Å². The SMILES string of the molecule is C[C@H](NS(=O)(=O)Cc1ccc(F)cc1)[C@@H]1CCCO1. The Hall–Kier alpha value is -0.980. The number of hydrogen-bond acceptors (Lipinski definition) is 3. The average Bonchev–Trinajstić information content (AvgIpc) is 2.85. The molecule has 4 nitrogen and oxygen atoms in total. The van der Waals surface area contributed by atoms with Crippen LogP contribution in [0, 0.1) is 5.82 Å². The third-order valence-electron chi connectivity index (χ3n) is 3.16. The minimum absolute atomic E-state index is 0.0528. The van der Waals surface area contributed by atoms with E-state index in [1.165, 1.54) is 24.3 Å². The van der Waals surface area contributed by atoms with Gasteiger partial charge < -0.3 is 4.74 Å². The van der Waals surface area contributed by atoms with Gasteiger partial charge >= 0.3 is 0 Å². The van der Waals surface area contributed by atoms with Gasteiger partial charge in [-0.05, 0) is 37.5 Å². The van der Waals surface area contributed by atoms with Crippen LogP contribution in [0.4, 0.5) is 4.39 Å². The molecule has 19 heavy (non-hydrogen) atoms. The molecule has 1 aliphatic heterocycles. The quantitative estimate of drug-likeness (QED) is 0.898. The van der Waals surface area contributed by atoms with Gasteiger partial charge in [-0.2, -0.15) is 0 Å². The molecule has 1 aromatic rings. The number of hydrogen-bond donors (Lipinski definition) is 1. The standard InChI is InChI=1S/C13H18FNO3S/c1-10(13-3-2-8-18-13)15-19(16,17)9-11-4-6-12(14)7-5-11/h4-7,10,13,15H,2-3,8-9H2,1H3/t10-,13-/m0/s1. The topological polar surface area (TPSA) is 55.4 Å². The summed E-state index contributed by atoms with van der Waals surface area (Å²) in [5.74, 6) is -0.522. The first-order chi connectivity index (χ1) is 8.96. The zero-order valence-corrected chi connectivity index (χ0v) is 11.6. The second kappa shape index (κ2) is 5.98. The molecule has 0 aliphatic carbocycles. The highest BCUT2D eigenvalue weighted by atomic mass is 32.2. The van der Waals surface area contributed by atoms with E-state index in [9.17, 15) is 12.8 Å². The molecule has 106 valence electrons. The number of ether oxygens (including phenoxy) is 1. The maximum Gasteiger partial charge on any atom is 0.216 e. The van der Waals surface area contributed by atoms with E-state index in [1.54, 1.807) is 6.92 Å².